The fourth-order valence-electron chi connectivity index (χ4n) is 4.02. The second kappa shape index (κ2) is 7.83. The van der Waals surface area contributed by atoms with Gasteiger partial charge in [0.1, 0.15) is 23.6 Å². The summed E-state index contributed by atoms with van der Waals surface area (Å²) in [6, 6.07) is 8.19. The van der Waals surface area contributed by atoms with E-state index in [1.807, 2.05) is 0 Å². The Labute approximate surface area is 160 Å². The third-order valence-electron chi connectivity index (χ3n) is 5.40. The van der Waals surface area contributed by atoms with Crippen LogP contribution in [-0.2, 0) is 9.47 Å². The zero-order chi connectivity index (χ0) is 19.7. The molecule has 148 valence electrons. The van der Waals surface area contributed by atoms with Gasteiger partial charge in [-0.3, -0.25) is 4.90 Å². The van der Waals surface area contributed by atoms with Gasteiger partial charge in [0.05, 0.1) is 0 Å². The van der Waals surface area contributed by atoms with Gasteiger partial charge in [-0.15, -0.1) is 0 Å². The number of benzene rings is 2. The second-order valence-electron chi connectivity index (χ2n) is 7.30. The summed E-state index contributed by atoms with van der Waals surface area (Å²) in [5.41, 5.74) is 0.324. The Hall–Kier alpha value is -2.54. The van der Waals surface area contributed by atoms with E-state index in [1.54, 1.807) is 0 Å². The van der Waals surface area contributed by atoms with Crippen LogP contribution in [0.5, 0.6) is 0 Å². The molecule has 0 amide bonds. The van der Waals surface area contributed by atoms with E-state index in [2.05, 4.69) is 4.90 Å². The Morgan fingerprint density at radius 2 is 1.64 bits per heavy atom. The van der Waals surface area contributed by atoms with Crippen LogP contribution in [0.15, 0.2) is 42.5 Å². The standard InChI is InChI=1S/C21H20F3NO3/c22-16-3-1-2-14(8-16)20(15-9-17(23)11-18(24)10-15)28-21(26)27-19-12-25-6-4-13(19)5-7-25/h1-3,8-11,13,19-20H,4-7,12H2/t19?,20-/m1/s1. The molecule has 1 unspecified atom stereocenters. The van der Waals surface area contributed by atoms with E-state index >= 15 is 0 Å². The molecule has 3 aliphatic heterocycles. The number of halogens is 3. The summed E-state index contributed by atoms with van der Waals surface area (Å²) in [5.74, 6) is -1.89. The first kappa shape index (κ1) is 18.8. The fourth-order valence-corrected chi connectivity index (χ4v) is 4.02. The number of rotatable bonds is 4. The van der Waals surface area contributed by atoms with Gasteiger partial charge in [0.15, 0.2) is 6.10 Å². The number of carbonyl (C=O) groups excluding carboxylic acids is 1. The van der Waals surface area contributed by atoms with Crippen molar-refractivity contribution in [3.63, 3.8) is 0 Å². The highest BCUT2D eigenvalue weighted by atomic mass is 19.1. The first-order valence-electron chi connectivity index (χ1n) is 9.29. The van der Waals surface area contributed by atoms with E-state index in [1.165, 1.54) is 18.2 Å². The zero-order valence-corrected chi connectivity index (χ0v) is 15.1. The van der Waals surface area contributed by atoms with Gasteiger partial charge in [0, 0.05) is 23.7 Å². The summed E-state index contributed by atoms with van der Waals surface area (Å²) < 4.78 is 52.0. The average Bonchev–Trinajstić information content (AvgIpc) is 2.66. The van der Waals surface area contributed by atoms with Gasteiger partial charge in [0.25, 0.3) is 0 Å². The molecule has 0 radical (unpaired) electrons. The maximum absolute atomic E-state index is 13.7. The molecule has 3 aliphatic rings. The molecule has 0 spiro atoms. The molecule has 2 atom stereocenters. The van der Waals surface area contributed by atoms with E-state index in [0.717, 1.165) is 50.2 Å². The number of ether oxygens (including phenoxy) is 2. The molecule has 0 aromatic heterocycles. The molecule has 2 aromatic rings. The van der Waals surface area contributed by atoms with E-state index in [9.17, 15) is 18.0 Å². The molecule has 5 rings (SSSR count). The van der Waals surface area contributed by atoms with E-state index in [4.69, 9.17) is 9.47 Å². The number of piperidine rings is 3. The minimum Gasteiger partial charge on any atom is -0.429 e. The minimum atomic E-state index is -1.19. The van der Waals surface area contributed by atoms with Crippen LogP contribution in [0.2, 0.25) is 0 Å². The zero-order valence-electron chi connectivity index (χ0n) is 15.1. The number of fused-ring (bicyclic) bond motifs is 3. The van der Waals surface area contributed by atoms with Crippen LogP contribution in [0.1, 0.15) is 30.1 Å². The van der Waals surface area contributed by atoms with Crippen LogP contribution in [0, 0.1) is 23.4 Å². The SMILES string of the molecule is O=C(OC1CN2CCC1CC2)O[C@H](c1cccc(F)c1)c1cc(F)cc(F)c1. The Morgan fingerprint density at radius 1 is 0.964 bits per heavy atom. The second-order valence-corrected chi connectivity index (χ2v) is 7.30. The van der Waals surface area contributed by atoms with Crippen LogP contribution < -0.4 is 0 Å². The Bertz CT molecular complexity index is 847. The van der Waals surface area contributed by atoms with Crippen molar-refractivity contribution in [1.82, 2.24) is 4.90 Å². The van der Waals surface area contributed by atoms with Gasteiger partial charge in [0.2, 0.25) is 0 Å². The van der Waals surface area contributed by atoms with Crippen LogP contribution in [0.4, 0.5) is 18.0 Å². The fraction of sp³-hybridized carbons (Fsp3) is 0.381. The summed E-state index contributed by atoms with van der Waals surface area (Å²) in [5, 5.41) is 0. The molecule has 3 heterocycles. The highest BCUT2D eigenvalue weighted by Gasteiger charge is 2.37. The summed E-state index contributed by atoms with van der Waals surface area (Å²) in [7, 11) is 0. The first-order chi connectivity index (χ1) is 13.5. The van der Waals surface area contributed by atoms with Gasteiger partial charge in [-0.05, 0) is 56.1 Å². The predicted octanol–water partition coefficient (Wildman–Crippen LogP) is 4.44. The van der Waals surface area contributed by atoms with Gasteiger partial charge in [-0.25, -0.2) is 18.0 Å². The van der Waals surface area contributed by atoms with Crippen molar-refractivity contribution < 1.29 is 27.4 Å². The lowest BCUT2D eigenvalue weighted by Gasteiger charge is -2.43. The molecule has 0 N–H and O–H groups in total. The summed E-state index contributed by atoms with van der Waals surface area (Å²) in [4.78, 5) is 14.7. The normalized spacial score (nSPS) is 24.6. The van der Waals surface area contributed by atoms with Gasteiger partial charge >= 0.3 is 6.16 Å². The summed E-state index contributed by atoms with van der Waals surface area (Å²) in [6.07, 6.45) is -0.472. The maximum Gasteiger partial charge on any atom is 0.509 e. The number of carbonyl (C=O) groups is 1. The van der Waals surface area contributed by atoms with Crippen molar-refractivity contribution >= 4 is 6.16 Å². The van der Waals surface area contributed by atoms with Crippen molar-refractivity contribution in [2.24, 2.45) is 5.92 Å². The molecule has 2 bridgehead atoms. The lowest BCUT2D eigenvalue weighted by Crippen LogP contribution is -2.52. The molecule has 0 saturated carbocycles. The number of hydrogen-bond acceptors (Lipinski definition) is 4. The molecule has 4 nitrogen and oxygen atoms in total. The maximum atomic E-state index is 13.7. The largest absolute Gasteiger partial charge is 0.509 e. The van der Waals surface area contributed by atoms with Crippen LogP contribution in [0.3, 0.4) is 0 Å². The van der Waals surface area contributed by atoms with Crippen molar-refractivity contribution in [2.45, 2.75) is 25.0 Å². The van der Waals surface area contributed by atoms with Crippen molar-refractivity contribution in [3.8, 4) is 0 Å². The average molecular weight is 391 g/mol. The van der Waals surface area contributed by atoms with Crippen molar-refractivity contribution in [2.75, 3.05) is 19.6 Å². The summed E-state index contributed by atoms with van der Waals surface area (Å²) in [6.45, 7) is 2.64. The Balaban J connectivity index is 1.56. The van der Waals surface area contributed by atoms with Crippen molar-refractivity contribution in [1.29, 1.82) is 0 Å². The molecular formula is C21H20F3NO3. The molecule has 3 fully saturated rings. The monoisotopic (exact) mass is 391 g/mol. The van der Waals surface area contributed by atoms with Crippen LogP contribution in [0.25, 0.3) is 0 Å². The molecule has 28 heavy (non-hydrogen) atoms. The van der Waals surface area contributed by atoms with Gasteiger partial charge in [-0.2, -0.15) is 0 Å². The Kier molecular flexibility index (Phi) is 5.26. The minimum absolute atomic E-state index is 0.0639. The van der Waals surface area contributed by atoms with Crippen LogP contribution in [-0.4, -0.2) is 36.8 Å². The molecule has 2 aromatic carbocycles. The molecule has 0 aliphatic carbocycles. The molecule has 7 heteroatoms. The van der Waals surface area contributed by atoms with Crippen LogP contribution >= 0.6 is 0 Å². The quantitative estimate of drug-likeness (QED) is 0.723. The number of hydrogen-bond donors (Lipinski definition) is 0. The highest BCUT2D eigenvalue weighted by molar-refractivity contribution is 5.61. The third-order valence-corrected chi connectivity index (χ3v) is 5.40. The molecular weight excluding hydrogens is 371 g/mol. The van der Waals surface area contributed by atoms with E-state index in [0.29, 0.717) is 6.54 Å². The summed E-state index contributed by atoms with van der Waals surface area (Å²) >= 11 is 0. The van der Waals surface area contributed by atoms with E-state index in [-0.39, 0.29) is 23.1 Å². The topological polar surface area (TPSA) is 38.8 Å². The lowest BCUT2D eigenvalue weighted by molar-refractivity contribution is -0.0642. The predicted molar refractivity (Wildman–Crippen MR) is 95.1 cm³/mol. The molecule has 3 saturated heterocycles. The van der Waals surface area contributed by atoms with E-state index < -0.39 is 29.7 Å². The van der Waals surface area contributed by atoms with Gasteiger partial charge in [-0.1, -0.05) is 12.1 Å². The third kappa shape index (κ3) is 4.14. The van der Waals surface area contributed by atoms with Gasteiger partial charge < -0.3 is 9.47 Å². The number of nitrogens with zero attached hydrogens (tertiary/aromatic N) is 1. The Morgan fingerprint density at radius 3 is 2.25 bits per heavy atom. The van der Waals surface area contributed by atoms with Crippen molar-refractivity contribution in [3.05, 3.63) is 71.0 Å². The first-order valence-corrected chi connectivity index (χ1v) is 9.29. The lowest BCUT2D eigenvalue weighted by atomic mass is 9.86. The smallest absolute Gasteiger partial charge is 0.429 e. The highest BCUT2D eigenvalue weighted by Crippen LogP contribution is 2.32.